The second-order valence-corrected chi connectivity index (χ2v) is 17.7. The van der Waals surface area contributed by atoms with Crippen molar-refractivity contribution in [2.75, 3.05) is 33.1 Å². The molecule has 1 heterocycles. The van der Waals surface area contributed by atoms with Crippen LogP contribution in [0.4, 0.5) is 0 Å². The molecule has 0 saturated heterocycles. The topological polar surface area (TPSA) is 110 Å². The van der Waals surface area contributed by atoms with Crippen molar-refractivity contribution in [3.63, 3.8) is 0 Å². The number of hydrogen-bond acceptors (Lipinski definition) is 9. The van der Waals surface area contributed by atoms with Gasteiger partial charge in [0.1, 0.15) is 29.9 Å². The smallest absolute Gasteiger partial charge is 0.254 e. The van der Waals surface area contributed by atoms with Gasteiger partial charge < -0.3 is 34.2 Å². The Kier molecular flexibility index (Phi) is 14.3. The molecule has 0 unspecified atom stereocenters. The number of unbranched alkanes of at least 4 members (excludes halogenated alkanes) is 2. The number of fused-ring (bicyclic) bond motifs is 3. The van der Waals surface area contributed by atoms with E-state index in [2.05, 4.69) is 37.1 Å². The van der Waals surface area contributed by atoms with Gasteiger partial charge in [0, 0.05) is 48.6 Å². The number of rotatable bonds is 19. The number of aliphatic hydroxyl groups excluding tert-OH is 2. The molecule has 3 aliphatic rings. The Morgan fingerprint density at radius 2 is 1.62 bits per heavy atom. The number of likely N-dealkylation sites (N-methyl/N-ethyl adjacent to an activating group) is 1. The highest BCUT2D eigenvalue weighted by Crippen LogP contribution is 2.62. The highest BCUT2D eigenvalue weighted by Gasteiger charge is 2.65. The summed E-state index contributed by atoms with van der Waals surface area (Å²) in [4.78, 5) is 24.1. The van der Waals surface area contributed by atoms with Gasteiger partial charge in [-0.15, -0.1) is 18.3 Å². The number of carbonyl (C=O) groups is 1. The van der Waals surface area contributed by atoms with E-state index in [-0.39, 0.29) is 50.1 Å². The number of carbonyl (C=O) groups excluding carboxylic acids is 1. The molecule has 0 radical (unpaired) electrons. The molecule has 1 amide bonds. The maximum Gasteiger partial charge on any atom is 0.254 e. The fourth-order valence-corrected chi connectivity index (χ4v) is 10.4. The third-order valence-corrected chi connectivity index (χ3v) is 13.7. The lowest BCUT2D eigenvalue weighted by atomic mass is 9.55. The third kappa shape index (κ3) is 9.46. The van der Waals surface area contributed by atoms with Crippen LogP contribution in [0, 0.1) is 17.8 Å². The minimum absolute atomic E-state index is 0.0844. The maximum atomic E-state index is 14.9. The average Bonchev–Trinajstić information content (AvgIpc) is 3.32. The molecule has 5 aromatic carbocycles. The van der Waals surface area contributed by atoms with Gasteiger partial charge in [0.05, 0.1) is 18.2 Å². The fourth-order valence-electron chi connectivity index (χ4n) is 10.00. The number of aliphatic hydroxyl groups is 2. The Labute approximate surface area is 375 Å². The minimum Gasteiger partial charge on any atom is -0.459 e. The minimum atomic E-state index is -1.36. The van der Waals surface area contributed by atoms with E-state index < -0.39 is 17.7 Å². The van der Waals surface area contributed by atoms with Gasteiger partial charge in [-0.1, -0.05) is 90.8 Å². The Balaban J connectivity index is 1.30. The summed E-state index contributed by atoms with van der Waals surface area (Å²) in [5.41, 5.74) is 4.28. The SMILES string of the molecule is C=CCO[C@@]12Oc3ccc(Oc4ccc(SC)cc4)cc3[C@H]3[C@H](CCCCO)[C@@H](CCCCO)C=C(C(=NOCc4ccccc4)C[C@@H]1N(C)C(=O)c1ccc4ccccc4c1)[C@H]32. The molecule has 2 aliphatic carbocycles. The van der Waals surface area contributed by atoms with Crippen LogP contribution in [0.2, 0.25) is 0 Å². The zero-order valence-electron chi connectivity index (χ0n) is 36.2. The Bertz CT molecular complexity index is 2420. The lowest BCUT2D eigenvalue weighted by Crippen LogP contribution is -2.69. The standard InChI is InChI=1S/C53H58N2O7S/c1-4-30-59-53-49(55(2)52(58)40-21-20-37-16-8-9-17-38(37)31-40)34-47(54-60-35-36-14-6-5-7-15-36)45-32-39(18-10-12-28-56)44(19-11-13-29-57)50(51(45)53)46-33-42(24-27-48(46)62-53)61-41-22-25-43(63-3)26-23-41/h4-9,14-17,20-27,31-33,39,44,49-51,56-57H,1,10-13,18-19,28-30,34-35H2,2-3H3/t39-,44+,49-,50+,51+,53+/m0/s1. The van der Waals surface area contributed by atoms with Gasteiger partial charge in [0.15, 0.2) is 0 Å². The van der Waals surface area contributed by atoms with E-state index in [1.165, 1.54) is 0 Å². The predicted octanol–water partition coefficient (Wildman–Crippen LogP) is 11.0. The second-order valence-electron chi connectivity index (χ2n) is 16.8. The molecule has 2 N–H and O–H groups in total. The van der Waals surface area contributed by atoms with Crippen LogP contribution in [0.15, 0.2) is 150 Å². The summed E-state index contributed by atoms with van der Waals surface area (Å²) in [5.74, 6) is 0.144. The number of allylic oxidation sites excluding steroid dienone is 1. The molecule has 10 heteroatoms. The van der Waals surface area contributed by atoms with Gasteiger partial charge in [-0.05, 0) is 120 Å². The highest BCUT2D eigenvalue weighted by molar-refractivity contribution is 7.98. The summed E-state index contributed by atoms with van der Waals surface area (Å²) in [5, 5.41) is 26.9. The van der Waals surface area contributed by atoms with Gasteiger partial charge in [-0.2, -0.15) is 0 Å². The molecule has 1 fully saturated rings. The van der Waals surface area contributed by atoms with Crippen LogP contribution in [0.5, 0.6) is 17.2 Å². The monoisotopic (exact) mass is 866 g/mol. The van der Waals surface area contributed by atoms with Crippen molar-refractivity contribution in [1.82, 2.24) is 4.90 Å². The van der Waals surface area contributed by atoms with Crippen LogP contribution in [-0.4, -0.2) is 71.7 Å². The highest BCUT2D eigenvalue weighted by atomic mass is 32.2. The van der Waals surface area contributed by atoms with E-state index in [0.717, 1.165) is 69.5 Å². The van der Waals surface area contributed by atoms with Crippen molar-refractivity contribution in [3.8, 4) is 17.2 Å². The van der Waals surface area contributed by atoms with E-state index in [9.17, 15) is 15.0 Å². The second kappa shape index (κ2) is 20.4. The molecule has 8 rings (SSSR count). The largest absolute Gasteiger partial charge is 0.459 e. The number of oxime groups is 1. The van der Waals surface area contributed by atoms with Crippen molar-refractivity contribution < 1.29 is 34.1 Å². The van der Waals surface area contributed by atoms with Gasteiger partial charge in [0.2, 0.25) is 5.79 Å². The first-order valence-corrected chi connectivity index (χ1v) is 23.4. The Hall–Kier alpha value is -5.39. The van der Waals surface area contributed by atoms with Crippen molar-refractivity contribution in [3.05, 3.63) is 156 Å². The van der Waals surface area contributed by atoms with E-state index in [1.54, 1.807) is 22.7 Å². The number of hydrogen-bond donors (Lipinski definition) is 2. The number of thioether (sulfide) groups is 1. The first-order chi connectivity index (χ1) is 30.9. The molecule has 1 aliphatic heterocycles. The average molecular weight is 867 g/mol. The van der Waals surface area contributed by atoms with Crippen molar-refractivity contribution >= 4 is 34.2 Å². The lowest BCUT2D eigenvalue weighted by Gasteiger charge is -2.59. The lowest BCUT2D eigenvalue weighted by molar-refractivity contribution is -0.252. The zero-order chi connectivity index (χ0) is 43.8. The Morgan fingerprint density at radius 3 is 2.37 bits per heavy atom. The first-order valence-electron chi connectivity index (χ1n) is 22.2. The van der Waals surface area contributed by atoms with Gasteiger partial charge in [-0.25, -0.2) is 0 Å². The molecule has 328 valence electrons. The van der Waals surface area contributed by atoms with Crippen LogP contribution in [-0.2, 0) is 16.2 Å². The van der Waals surface area contributed by atoms with Crippen molar-refractivity contribution in [2.45, 2.75) is 74.2 Å². The Morgan fingerprint density at radius 1 is 0.889 bits per heavy atom. The third-order valence-electron chi connectivity index (χ3n) is 13.0. The van der Waals surface area contributed by atoms with Gasteiger partial charge in [0.25, 0.3) is 5.91 Å². The molecular weight excluding hydrogens is 809 g/mol. The summed E-state index contributed by atoms with van der Waals surface area (Å²) < 4.78 is 21.0. The summed E-state index contributed by atoms with van der Waals surface area (Å²) in [6.45, 7) is 4.75. The molecule has 6 atom stereocenters. The summed E-state index contributed by atoms with van der Waals surface area (Å²) in [7, 11) is 1.84. The van der Waals surface area contributed by atoms with Crippen LogP contribution >= 0.6 is 11.8 Å². The number of ether oxygens (including phenoxy) is 3. The van der Waals surface area contributed by atoms with E-state index >= 15 is 0 Å². The number of benzene rings is 5. The fraction of sp³-hybridized carbons (Fsp3) is 0.358. The van der Waals surface area contributed by atoms with Crippen LogP contribution in [0.25, 0.3) is 10.8 Å². The number of amides is 1. The molecular formula is C53H58N2O7S. The maximum absolute atomic E-state index is 14.9. The summed E-state index contributed by atoms with van der Waals surface area (Å²) >= 11 is 1.68. The van der Waals surface area contributed by atoms with Crippen molar-refractivity contribution in [2.24, 2.45) is 22.9 Å². The van der Waals surface area contributed by atoms with E-state index in [4.69, 9.17) is 24.2 Å². The van der Waals surface area contributed by atoms with Crippen LogP contribution in [0.1, 0.15) is 72.3 Å². The van der Waals surface area contributed by atoms with E-state index in [0.29, 0.717) is 36.3 Å². The first kappa shape index (κ1) is 44.2. The van der Waals surface area contributed by atoms with Crippen LogP contribution < -0.4 is 9.47 Å². The van der Waals surface area contributed by atoms with Gasteiger partial charge in [-0.3, -0.25) is 4.79 Å². The molecule has 0 spiro atoms. The normalized spacial score (nSPS) is 23.0. The summed E-state index contributed by atoms with van der Waals surface area (Å²) in [6.07, 6.45) is 11.2. The zero-order valence-corrected chi connectivity index (χ0v) is 37.1. The van der Waals surface area contributed by atoms with Crippen molar-refractivity contribution in [1.29, 1.82) is 0 Å². The molecule has 0 bridgehead atoms. The number of nitrogens with zero attached hydrogens (tertiary/aromatic N) is 2. The van der Waals surface area contributed by atoms with Crippen LogP contribution in [0.3, 0.4) is 0 Å². The molecule has 0 aromatic heterocycles. The molecule has 9 nitrogen and oxygen atoms in total. The summed E-state index contributed by atoms with van der Waals surface area (Å²) in [6, 6.07) is 37.3. The predicted molar refractivity (Wildman–Crippen MR) is 251 cm³/mol. The quantitative estimate of drug-likeness (QED) is 0.0365. The molecule has 5 aromatic rings. The molecule has 1 saturated carbocycles. The molecule has 63 heavy (non-hydrogen) atoms. The van der Waals surface area contributed by atoms with Gasteiger partial charge >= 0.3 is 0 Å². The van der Waals surface area contributed by atoms with E-state index in [1.807, 2.05) is 104 Å².